The minimum atomic E-state index is -0.144. The van der Waals surface area contributed by atoms with E-state index in [1.54, 1.807) is 13.3 Å². The van der Waals surface area contributed by atoms with Gasteiger partial charge in [0.2, 0.25) is 5.95 Å². The Morgan fingerprint density at radius 1 is 1.21 bits per heavy atom. The minimum absolute atomic E-state index is 0.144. The molecule has 11 nitrogen and oxygen atoms in total. The van der Waals surface area contributed by atoms with E-state index in [1.165, 1.54) is 0 Å². The lowest BCUT2D eigenvalue weighted by molar-refractivity contribution is 0.0875. The lowest BCUT2D eigenvalue weighted by Crippen LogP contribution is -2.43. The zero-order valence-corrected chi connectivity index (χ0v) is 19.6. The molecule has 0 radical (unpaired) electrons. The Balaban J connectivity index is 1.40. The molecule has 2 saturated heterocycles. The Hall–Kier alpha value is -3.15. The highest BCUT2D eigenvalue weighted by atomic mass is 16.5. The van der Waals surface area contributed by atoms with Crippen LogP contribution in [0.5, 0.6) is 0 Å². The van der Waals surface area contributed by atoms with E-state index in [9.17, 15) is 0 Å². The predicted octanol–water partition coefficient (Wildman–Crippen LogP) is 2.27. The first-order valence-corrected chi connectivity index (χ1v) is 11.8. The average Bonchev–Trinajstić information content (AvgIpc) is 2.90. The molecule has 5 rings (SSSR count). The van der Waals surface area contributed by atoms with E-state index in [2.05, 4.69) is 36.0 Å². The van der Waals surface area contributed by atoms with Crippen molar-refractivity contribution < 1.29 is 9.47 Å². The van der Waals surface area contributed by atoms with E-state index in [-0.39, 0.29) is 12.1 Å². The van der Waals surface area contributed by atoms with Crippen LogP contribution < -0.4 is 20.9 Å². The van der Waals surface area contributed by atoms with Gasteiger partial charge in [-0.3, -0.25) is 0 Å². The number of ether oxygens (including phenoxy) is 2. The number of methoxy groups -OCH3 is 1. The van der Waals surface area contributed by atoms with E-state index in [0.717, 1.165) is 68.0 Å². The van der Waals surface area contributed by atoms with Crippen molar-refractivity contribution >= 4 is 34.3 Å². The van der Waals surface area contributed by atoms with Gasteiger partial charge in [-0.25, -0.2) is 15.0 Å². The Bertz CT molecular complexity index is 1100. The molecule has 0 bridgehead atoms. The third-order valence-electron chi connectivity index (χ3n) is 6.19. The van der Waals surface area contributed by atoms with E-state index in [4.69, 9.17) is 19.4 Å². The van der Waals surface area contributed by atoms with Crippen LogP contribution >= 0.6 is 0 Å². The molecule has 2 fully saturated rings. The van der Waals surface area contributed by atoms with Gasteiger partial charge in [0.05, 0.1) is 24.4 Å². The number of piperazine rings is 1. The van der Waals surface area contributed by atoms with Gasteiger partial charge in [-0.2, -0.15) is 0 Å². The Labute approximate surface area is 198 Å². The van der Waals surface area contributed by atoms with Crippen molar-refractivity contribution in [3.8, 4) is 0 Å². The van der Waals surface area contributed by atoms with Gasteiger partial charge in [0.15, 0.2) is 17.5 Å². The Morgan fingerprint density at radius 2 is 2.09 bits per heavy atom. The molecule has 3 aromatic heterocycles. The Morgan fingerprint density at radius 3 is 2.82 bits per heavy atom. The SMILES string of the molecule is COC(C)c1cc2cnc(Nc3ccc(N4CCNCC4)nn3)nc2c(N[C@H]2CCCOC2)n1. The molecule has 2 atom stereocenters. The number of hydrogen-bond donors (Lipinski definition) is 3. The first-order valence-electron chi connectivity index (χ1n) is 11.8. The summed E-state index contributed by atoms with van der Waals surface area (Å²) in [6, 6.07) is 6.03. The molecular weight excluding hydrogens is 434 g/mol. The molecule has 5 heterocycles. The van der Waals surface area contributed by atoms with Crippen LogP contribution in [0.2, 0.25) is 0 Å². The summed E-state index contributed by atoms with van der Waals surface area (Å²) in [4.78, 5) is 16.3. The lowest BCUT2D eigenvalue weighted by Gasteiger charge is -2.27. The second-order valence-corrected chi connectivity index (χ2v) is 8.60. The van der Waals surface area contributed by atoms with Gasteiger partial charge in [0.25, 0.3) is 0 Å². The molecule has 3 N–H and O–H groups in total. The number of fused-ring (bicyclic) bond motifs is 1. The summed E-state index contributed by atoms with van der Waals surface area (Å²) in [6.45, 7) is 7.18. The molecule has 34 heavy (non-hydrogen) atoms. The number of rotatable bonds is 7. The second kappa shape index (κ2) is 10.4. The molecule has 1 unspecified atom stereocenters. The molecule has 0 aliphatic carbocycles. The van der Waals surface area contributed by atoms with E-state index < -0.39 is 0 Å². The quantitative estimate of drug-likeness (QED) is 0.476. The largest absolute Gasteiger partial charge is 0.379 e. The van der Waals surface area contributed by atoms with Crippen LogP contribution in [0.15, 0.2) is 24.4 Å². The minimum Gasteiger partial charge on any atom is -0.379 e. The summed E-state index contributed by atoms with van der Waals surface area (Å²) in [5, 5.41) is 19.6. The van der Waals surface area contributed by atoms with Crippen LogP contribution in [0.1, 0.15) is 31.6 Å². The van der Waals surface area contributed by atoms with Crippen molar-refractivity contribution in [3.63, 3.8) is 0 Å². The zero-order valence-electron chi connectivity index (χ0n) is 19.6. The average molecular weight is 466 g/mol. The van der Waals surface area contributed by atoms with E-state index in [0.29, 0.717) is 24.2 Å². The number of nitrogens with zero attached hydrogens (tertiary/aromatic N) is 6. The third-order valence-corrected chi connectivity index (χ3v) is 6.19. The number of nitrogens with one attached hydrogen (secondary N) is 3. The van der Waals surface area contributed by atoms with Crippen molar-refractivity contribution in [1.82, 2.24) is 30.5 Å². The number of anilines is 4. The van der Waals surface area contributed by atoms with Gasteiger partial charge < -0.3 is 30.3 Å². The summed E-state index contributed by atoms with van der Waals surface area (Å²) >= 11 is 0. The summed E-state index contributed by atoms with van der Waals surface area (Å²) in [5.74, 6) is 2.61. The molecule has 0 saturated carbocycles. The first-order chi connectivity index (χ1) is 16.7. The first kappa shape index (κ1) is 22.6. The van der Waals surface area contributed by atoms with Gasteiger partial charge in [0.1, 0.15) is 5.52 Å². The Kier molecular flexibility index (Phi) is 6.93. The summed E-state index contributed by atoms with van der Waals surface area (Å²) in [7, 11) is 1.68. The maximum Gasteiger partial charge on any atom is 0.229 e. The van der Waals surface area contributed by atoms with Gasteiger partial charge in [0, 0.05) is 51.5 Å². The molecule has 180 valence electrons. The van der Waals surface area contributed by atoms with Crippen molar-refractivity contribution in [2.75, 3.05) is 62.0 Å². The van der Waals surface area contributed by atoms with Crippen LogP contribution in [-0.4, -0.2) is 77.7 Å². The fourth-order valence-corrected chi connectivity index (χ4v) is 4.17. The second-order valence-electron chi connectivity index (χ2n) is 8.60. The molecule has 0 aromatic carbocycles. The van der Waals surface area contributed by atoms with Crippen molar-refractivity contribution in [3.05, 3.63) is 30.1 Å². The predicted molar refractivity (Wildman–Crippen MR) is 131 cm³/mol. The molecular formula is C23H31N9O2. The van der Waals surface area contributed by atoms with E-state index in [1.807, 2.05) is 25.1 Å². The molecule has 11 heteroatoms. The molecule has 2 aliphatic rings. The van der Waals surface area contributed by atoms with Gasteiger partial charge in [-0.1, -0.05) is 0 Å². The van der Waals surface area contributed by atoms with Gasteiger partial charge in [-0.15, -0.1) is 10.2 Å². The maximum atomic E-state index is 5.64. The summed E-state index contributed by atoms with van der Waals surface area (Å²) in [5.41, 5.74) is 1.56. The normalized spacial score (nSPS) is 19.7. The maximum absolute atomic E-state index is 5.64. The van der Waals surface area contributed by atoms with Crippen molar-refractivity contribution in [2.45, 2.75) is 31.9 Å². The molecule has 0 spiro atoms. The van der Waals surface area contributed by atoms with Crippen molar-refractivity contribution in [2.24, 2.45) is 0 Å². The molecule has 0 amide bonds. The zero-order chi connectivity index (χ0) is 23.3. The van der Waals surface area contributed by atoms with Gasteiger partial charge in [-0.05, 0) is 38.0 Å². The van der Waals surface area contributed by atoms with E-state index >= 15 is 0 Å². The smallest absolute Gasteiger partial charge is 0.229 e. The molecule has 2 aliphatic heterocycles. The van der Waals surface area contributed by atoms with Crippen LogP contribution in [0.4, 0.5) is 23.4 Å². The fourth-order valence-electron chi connectivity index (χ4n) is 4.17. The third kappa shape index (κ3) is 5.16. The van der Waals surface area contributed by atoms with Crippen molar-refractivity contribution in [1.29, 1.82) is 0 Å². The summed E-state index contributed by atoms with van der Waals surface area (Å²) in [6.07, 6.45) is 3.70. The monoisotopic (exact) mass is 465 g/mol. The standard InChI is InChI=1S/C23H31N9O2/c1-15(33-2)18-12-16-13-25-23(29-21(16)22(27-18)26-17-4-3-11-34-14-17)28-19-5-6-20(31-30-19)32-9-7-24-8-10-32/h5-6,12-13,15,17,24H,3-4,7-11,14H2,1-2H3,(H,26,27)(H,25,28,29,30)/t15?,17-/m0/s1. The highest BCUT2D eigenvalue weighted by molar-refractivity contribution is 5.89. The van der Waals surface area contributed by atoms with Crippen LogP contribution in [0, 0.1) is 0 Å². The highest BCUT2D eigenvalue weighted by Gasteiger charge is 2.19. The fraction of sp³-hybridized carbons (Fsp3) is 0.522. The topological polar surface area (TPSA) is 122 Å². The van der Waals surface area contributed by atoms with Crippen LogP contribution in [0.25, 0.3) is 10.9 Å². The molecule has 3 aromatic rings. The van der Waals surface area contributed by atoms with Crippen LogP contribution in [0.3, 0.4) is 0 Å². The number of pyridine rings is 1. The highest BCUT2D eigenvalue weighted by Crippen LogP contribution is 2.27. The number of aromatic nitrogens is 5. The van der Waals surface area contributed by atoms with Gasteiger partial charge >= 0.3 is 0 Å². The number of hydrogen-bond acceptors (Lipinski definition) is 11. The summed E-state index contributed by atoms with van der Waals surface area (Å²) < 4.78 is 11.1. The lowest BCUT2D eigenvalue weighted by atomic mass is 10.1. The van der Waals surface area contributed by atoms with Crippen LogP contribution in [-0.2, 0) is 9.47 Å².